The summed E-state index contributed by atoms with van der Waals surface area (Å²) in [7, 11) is 1.61. The van der Waals surface area contributed by atoms with Crippen molar-refractivity contribution in [3.63, 3.8) is 0 Å². The second-order valence-corrected chi connectivity index (χ2v) is 10.1. The first kappa shape index (κ1) is 24.6. The maximum Gasteiger partial charge on any atom is 0.174 e. The molecule has 0 saturated carbocycles. The van der Waals surface area contributed by atoms with Crippen LogP contribution >= 0.6 is 35.4 Å². The number of hydrogen-bond donors (Lipinski definition) is 1. The van der Waals surface area contributed by atoms with E-state index in [4.69, 9.17) is 40.2 Å². The Balaban J connectivity index is 1.70. The highest BCUT2D eigenvalue weighted by Gasteiger charge is 2.42. The van der Waals surface area contributed by atoms with Crippen LogP contribution in [0.5, 0.6) is 5.75 Å². The summed E-state index contributed by atoms with van der Waals surface area (Å²) in [5.74, 6) is 0.617. The Bertz CT molecular complexity index is 1450. The number of rotatable bonds is 5. The number of benzene rings is 2. The van der Waals surface area contributed by atoms with E-state index in [-0.39, 0.29) is 12.1 Å². The summed E-state index contributed by atoms with van der Waals surface area (Å²) in [6, 6.07) is 19.6. The molecule has 0 radical (unpaired) electrons. The van der Waals surface area contributed by atoms with Gasteiger partial charge in [0.1, 0.15) is 5.75 Å². The summed E-state index contributed by atoms with van der Waals surface area (Å²) >= 11 is 18.8. The fraction of sp³-hybridized carbons (Fsp3) is 0.214. The van der Waals surface area contributed by atoms with Crippen molar-refractivity contribution in [3.8, 4) is 11.4 Å². The number of ether oxygens (including phenoxy) is 1. The lowest BCUT2D eigenvalue weighted by Crippen LogP contribution is -2.29. The predicted molar refractivity (Wildman–Crippen MR) is 151 cm³/mol. The van der Waals surface area contributed by atoms with Crippen LogP contribution in [0.15, 0.2) is 66.9 Å². The van der Waals surface area contributed by atoms with Crippen LogP contribution < -0.4 is 15.0 Å². The van der Waals surface area contributed by atoms with Crippen molar-refractivity contribution in [1.29, 1.82) is 0 Å². The van der Waals surface area contributed by atoms with Crippen LogP contribution in [0.3, 0.4) is 0 Å². The Hall–Kier alpha value is -3.06. The van der Waals surface area contributed by atoms with Gasteiger partial charge in [0.15, 0.2) is 5.11 Å². The van der Waals surface area contributed by atoms with Crippen molar-refractivity contribution in [2.75, 3.05) is 12.0 Å². The number of hydrogen-bond acceptors (Lipinski definition) is 3. The number of halogens is 2. The summed E-state index contributed by atoms with van der Waals surface area (Å²) in [6.07, 6.45) is 1.81. The molecule has 5 rings (SSSR count). The van der Waals surface area contributed by atoms with Gasteiger partial charge in [-0.05, 0) is 92.6 Å². The average molecular weight is 538 g/mol. The highest BCUT2D eigenvalue weighted by atomic mass is 35.5. The molecule has 8 heteroatoms. The molecule has 0 spiro atoms. The molecule has 1 N–H and O–H groups in total. The largest absolute Gasteiger partial charge is 0.495 e. The molecule has 2 atom stereocenters. The van der Waals surface area contributed by atoms with Crippen molar-refractivity contribution in [2.45, 2.75) is 32.9 Å². The van der Waals surface area contributed by atoms with E-state index in [0.29, 0.717) is 20.9 Å². The zero-order chi connectivity index (χ0) is 25.6. The molecule has 0 aliphatic carbocycles. The highest BCUT2D eigenvalue weighted by Crippen LogP contribution is 2.45. The average Bonchev–Trinajstić information content (AvgIpc) is 3.36. The fourth-order valence-corrected chi connectivity index (χ4v) is 5.80. The quantitative estimate of drug-likeness (QED) is 0.271. The smallest absolute Gasteiger partial charge is 0.174 e. The normalized spacial score (nSPS) is 17.4. The highest BCUT2D eigenvalue weighted by molar-refractivity contribution is 7.80. The van der Waals surface area contributed by atoms with Crippen molar-refractivity contribution < 1.29 is 4.74 Å². The molecule has 2 aromatic carbocycles. The first-order valence-electron chi connectivity index (χ1n) is 11.6. The SMILES string of the molecule is COc1ccc(N2C(=S)N[C@@H](c3ccccn3)[C@H]2c2cc(C)n(-c3cc(Cl)ccc3C)c2C)cc1Cl. The van der Waals surface area contributed by atoms with Gasteiger partial charge in [0.25, 0.3) is 0 Å². The third-order valence-corrected chi connectivity index (χ3v) is 7.56. The number of methoxy groups -OCH3 is 1. The van der Waals surface area contributed by atoms with Crippen molar-refractivity contribution in [2.24, 2.45) is 0 Å². The Kier molecular flexibility index (Phi) is 6.68. The molecular formula is C28H26Cl2N4OS. The van der Waals surface area contributed by atoms with E-state index in [0.717, 1.165) is 39.6 Å². The lowest BCUT2D eigenvalue weighted by atomic mass is 9.96. The van der Waals surface area contributed by atoms with Gasteiger partial charge < -0.3 is 19.5 Å². The van der Waals surface area contributed by atoms with Crippen LogP contribution in [0.1, 0.15) is 40.3 Å². The Morgan fingerprint density at radius 1 is 1.00 bits per heavy atom. The van der Waals surface area contributed by atoms with Crippen LogP contribution in [-0.4, -0.2) is 21.8 Å². The predicted octanol–water partition coefficient (Wildman–Crippen LogP) is 7.29. The van der Waals surface area contributed by atoms with Crippen molar-refractivity contribution in [3.05, 3.63) is 105 Å². The number of anilines is 1. The van der Waals surface area contributed by atoms with Gasteiger partial charge in [-0.2, -0.15) is 0 Å². The van der Waals surface area contributed by atoms with Gasteiger partial charge in [-0.1, -0.05) is 35.3 Å². The zero-order valence-corrected chi connectivity index (χ0v) is 22.7. The number of nitrogens with zero attached hydrogens (tertiary/aromatic N) is 3. The minimum absolute atomic E-state index is 0.156. The van der Waals surface area contributed by atoms with Crippen LogP contribution in [-0.2, 0) is 0 Å². The monoisotopic (exact) mass is 536 g/mol. The van der Waals surface area contributed by atoms with Crippen LogP contribution in [0.2, 0.25) is 10.0 Å². The molecule has 0 bridgehead atoms. The first-order chi connectivity index (χ1) is 17.3. The zero-order valence-electron chi connectivity index (χ0n) is 20.4. The Morgan fingerprint density at radius 2 is 1.81 bits per heavy atom. The van der Waals surface area contributed by atoms with E-state index in [2.05, 4.69) is 46.6 Å². The molecule has 1 saturated heterocycles. The standard InChI is InChI=1S/C28H26Cl2N4OS/c1-16-8-9-19(29)14-24(16)33-17(2)13-21(18(33)3)27-26(23-7-5-6-12-31-23)32-28(36)34(27)20-10-11-25(35-4)22(30)15-20/h5-15,26-27H,1-4H3,(H,32,36)/t26-,27+/m0/s1. The lowest BCUT2D eigenvalue weighted by Gasteiger charge is -2.28. The molecular weight excluding hydrogens is 511 g/mol. The molecule has 1 aliphatic rings. The van der Waals surface area contributed by atoms with Crippen LogP contribution in [0.4, 0.5) is 5.69 Å². The van der Waals surface area contributed by atoms with Gasteiger partial charge in [-0.15, -0.1) is 0 Å². The fourth-order valence-electron chi connectivity index (χ4n) is 5.04. The molecule has 184 valence electrons. The first-order valence-corrected chi connectivity index (χ1v) is 12.8. The number of aryl methyl sites for hydroxylation is 2. The van der Waals surface area contributed by atoms with E-state index in [1.807, 2.05) is 60.8 Å². The minimum atomic E-state index is -0.158. The van der Waals surface area contributed by atoms with Gasteiger partial charge in [0, 0.05) is 34.0 Å². The third-order valence-electron chi connectivity index (χ3n) is 6.71. The summed E-state index contributed by atoms with van der Waals surface area (Å²) in [4.78, 5) is 6.79. The maximum absolute atomic E-state index is 6.53. The minimum Gasteiger partial charge on any atom is -0.495 e. The second kappa shape index (κ2) is 9.77. The van der Waals surface area contributed by atoms with Gasteiger partial charge in [-0.3, -0.25) is 4.98 Å². The Labute approximate surface area is 226 Å². The van der Waals surface area contributed by atoms with Gasteiger partial charge in [-0.25, -0.2) is 0 Å². The van der Waals surface area contributed by atoms with Crippen LogP contribution in [0, 0.1) is 20.8 Å². The number of thiocarbonyl (C=S) groups is 1. The molecule has 2 aromatic heterocycles. The molecule has 1 fully saturated rings. The topological polar surface area (TPSA) is 42.3 Å². The number of pyridine rings is 1. The van der Waals surface area contributed by atoms with Gasteiger partial charge in [0.05, 0.1) is 29.9 Å². The van der Waals surface area contributed by atoms with Crippen LogP contribution in [0.25, 0.3) is 5.69 Å². The number of aromatic nitrogens is 2. The van der Waals surface area contributed by atoms with Gasteiger partial charge >= 0.3 is 0 Å². The molecule has 5 nitrogen and oxygen atoms in total. The summed E-state index contributed by atoms with van der Waals surface area (Å²) in [6.45, 7) is 6.35. The third kappa shape index (κ3) is 4.23. The molecule has 3 heterocycles. The molecule has 4 aromatic rings. The van der Waals surface area contributed by atoms with Gasteiger partial charge in [0.2, 0.25) is 0 Å². The second-order valence-electron chi connectivity index (χ2n) is 8.91. The lowest BCUT2D eigenvalue weighted by molar-refractivity contribution is 0.415. The van der Waals surface area contributed by atoms with E-state index < -0.39 is 0 Å². The van der Waals surface area contributed by atoms with Crippen molar-refractivity contribution in [1.82, 2.24) is 14.9 Å². The number of nitrogens with one attached hydrogen (secondary N) is 1. The summed E-state index contributed by atoms with van der Waals surface area (Å²) in [5.41, 5.74) is 7.36. The summed E-state index contributed by atoms with van der Waals surface area (Å²) < 4.78 is 7.63. The van der Waals surface area contributed by atoms with E-state index in [1.165, 1.54) is 0 Å². The Morgan fingerprint density at radius 3 is 2.50 bits per heavy atom. The summed E-state index contributed by atoms with van der Waals surface area (Å²) in [5, 5.41) is 5.36. The molecule has 0 unspecified atom stereocenters. The molecule has 36 heavy (non-hydrogen) atoms. The molecule has 0 amide bonds. The maximum atomic E-state index is 6.53. The molecule has 1 aliphatic heterocycles. The van der Waals surface area contributed by atoms with E-state index in [9.17, 15) is 0 Å². The van der Waals surface area contributed by atoms with E-state index >= 15 is 0 Å². The van der Waals surface area contributed by atoms with Crippen molar-refractivity contribution >= 4 is 46.2 Å². The van der Waals surface area contributed by atoms with E-state index in [1.54, 1.807) is 7.11 Å².